The van der Waals surface area contributed by atoms with Crippen LogP contribution >= 0.6 is 0 Å². The van der Waals surface area contributed by atoms with Gasteiger partial charge in [0.2, 0.25) is 0 Å². The maximum Gasteiger partial charge on any atom is 0.310 e. The Hall–Kier alpha value is -1.85. The zero-order valence-corrected chi connectivity index (χ0v) is 17.4. The van der Waals surface area contributed by atoms with Gasteiger partial charge in [0, 0.05) is 12.8 Å². The van der Waals surface area contributed by atoms with Gasteiger partial charge >= 0.3 is 17.9 Å². The first-order valence-corrected chi connectivity index (χ1v) is 10.7. The lowest BCUT2D eigenvalue weighted by Gasteiger charge is -2.31. The third-order valence-electron chi connectivity index (χ3n) is 5.73. The molecule has 1 heterocycles. The van der Waals surface area contributed by atoms with Crippen molar-refractivity contribution >= 4 is 17.9 Å². The van der Waals surface area contributed by atoms with E-state index in [2.05, 4.69) is 26.0 Å². The summed E-state index contributed by atoms with van der Waals surface area (Å²) in [6, 6.07) is 0. The third kappa shape index (κ3) is 5.82. The van der Waals surface area contributed by atoms with Crippen molar-refractivity contribution in [3.63, 3.8) is 0 Å². The molecule has 1 saturated heterocycles. The molecule has 5 unspecified atom stereocenters. The molecule has 1 saturated carbocycles. The molecule has 0 aromatic carbocycles. The van der Waals surface area contributed by atoms with Gasteiger partial charge < -0.3 is 14.2 Å². The SMILES string of the molecule is CCC/C=C/CCCC(CCC)C(=O)OC1CC(C(=O)OC)C2CC1OC2=O. The number of carbonyl (C=O) groups excluding carboxylic acids is 3. The molecule has 0 aromatic heterocycles. The first-order chi connectivity index (χ1) is 13.5. The minimum atomic E-state index is -0.595. The van der Waals surface area contributed by atoms with Crippen LogP contribution < -0.4 is 0 Å². The van der Waals surface area contributed by atoms with Gasteiger partial charge in [-0.25, -0.2) is 0 Å². The lowest BCUT2D eigenvalue weighted by molar-refractivity contribution is -0.167. The molecule has 5 atom stereocenters. The van der Waals surface area contributed by atoms with Crippen LogP contribution in [0.3, 0.4) is 0 Å². The van der Waals surface area contributed by atoms with E-state index in [1.54, 1.807) is 0 Å². The summed E-state index contributed by atoms with van der Waals surface area (Å²) in [5.41, 5.74) is 0. The molecule has 2 aliphatic rings. The van der Waals surface area contributed by atoms with E-state index < -0.39 is 30.0 Å². The summed E-state index contributed by atoms with van der Waals surface area (Å²) in [5, 5.41) is 0. The van der Waals surface area contributed by atoms with Gasteiger partial charge in [0.25, 0.3) is 0 Å². The monoisotopic (exact) mass is 394 g/mol. The highest BCUT2D eigenvalue weighted by Crippen LogP contribution is 2.41. The van der Waals surface area contributed by atoms with Crippen LogP contribution in [0.15, 0.2) is 12.2 Å². The van der Waals surface area contributed by atoms with E-state index in [4.69, 9.17) is 14.2 Å². The normalized spacial score (nSPS) is 27.5. The smallest absolute Gasteiger partial charge is 0.310 e. The molecular weight excluding hydrogens is 360 g/mol. The zero-order chi connectivity index (χ0) is 20.5. The maximum absolute atomic E-state index is 12.8. The number of carbonyl (C=O) groups is 3. The molecular formula is C22H34O6. The number of allylic oxidation sites excluding steroid dienone is 2. The Bertz CT molecular complexity index is 569. The number of methoxy groups -OCH3 is 1. The predicted molar refractivity (Wildman–Crippen MR) is 104 cm³/mol. The highest BCUT2D eigenvalue weighted by Gasteiger charge is 2.53. The summed E-state index contributed by atoms with van der Waals surface area (Å²) in [5.74, 6) is -2.29. The highest BCUT2D eigenvalue weighted by molar-refractivity contribution is 5.84. The number of esters is 3. The largest absolute Gasteiger partial charge is 0.469 e. The van der Waals surface area contributed by atoms with Gasteiger partial charge in [0.1, 0.15) is 12.2 Å². The summed E-state index contributed by atoms with van der Waals surface area (Å²) in [7, 11) is 1.31. The van der Waals surface area contributed by atoms with E-state index in [9.17, 15) is 14.4 Å². The van der Waals surface area contributed by atoms with Crippen LogP contribution in [-0.4, -0.2) is 37.2 Å². The van der Waals surface area contributed by atoms with Gasteiger partial charge in [-0.3, -0.25) is 14.4 Å². The Balaban J connectivity index is 1.92. The number of ether oxygens (including phenoxy) is 3. The summed E-state index contributed by atoms with van der Waals surface area (Å²) >= 11 is 0. The van der Waals surface area contributed by atoms with Crippen LogP contribution in [0.2, 0.25) is 0 Å². The second-order valence-corrected chi connectivity index (χ2v) is 7.83. The summed E-state index contributed by atoms with van der Waals surface area (Å²) in [6.45, 7) is 4.20. The number of hydrogen-bond acceptors (Lipinski definition) is 6. The molecule has 1 aliphatic carbocycles. The first kappa shape index (κ1) is 22.4. The second-order valence-electron chi connectivity index (χ2n) is 7.83. The Morgan fingerprint density at radius 3 is 2.57 bits per heavy atom. The summed E-state index contributed by atoms with van der Waals surface area (Å²) in [4.78, 5) is 36.8. The second kappa shape index (κ2) is 11.2. The first-order valence-electron chi connectivity index (χ1n) is 10.7. The highest BCUT2D eigenvalue weighted by atomic mass is 16.6. The lowest BCUT2D eigenvalue weighted by atomic mass is 9.78. The van der Waals surface area contributed by atoms with Gasteiger partial charge in [0.15, 0.2) is 0 Å². The van der Waals surface area contributed by atoms with Crippen LogP contribution in [0.4, 0.5) is 0 Å². The average Bonchev–Trinajstić information content (AvgIpc) is 3.01. The van der Waals surface area contributed by atoms with Crippen LogP contribution in [0.25, 0.3) is 0 Å². The molecule has 0 N–H and O–H groups in total. The van der Waals surface area contributed by atoms with Gasteiger partial charge in [-0.15, -0.1) is 0 Å². The average molecular weight is 395 g/mol. The van der Waals surface area contributed by atoms with Gasteiger partial charge in [0.05, 0.1) is 24.9 Å². The summed E-state index contributed by atoms with van der Waals surface area (Å²) in [6.07, 6.45) is 10.7. The third-order valence-corrected chi connectivity index (χ3v) is 5.73. The fraction of sp³-hybridized carbons (Fsp3) is 0.773. The number of fused-ring (bicyclic) bond motifs is 2. The van der Waals surface area contributed by atoms with Gasteiger partial charge in [-0.05, 0) is 32.1 Å². The fourth-order valence-corrected chi connectivity index (χ4v) is 4.15. The van der Waals surface area contributed by atoms with Crippen molar-refractivity contribution in [3.05, 3.63) is 12.2 Å². The van der Waals surface area contributed by atoms with Crippen molar-refractivity contribution in [3.8, 4) is 0 Å². The van der Waals surface area contributed by atoms with E-state index in [-0.39, 0.29) is 24.3 Å². The molecule has 1 aliphatic heterocycles. The van der Waals surface area contributed by atoms with Gasteiger partial charge in [-0.2, -0.15) is 0 Å². The Morgan fingerprint density at radius 2 is 1.89 bits per heavy atom. The molecule has 6 nitrogen and oxygen atoms in total. The molecule has 2 rings (SSSR count). The molecule has 0 radical (unpaired) electrons. The van der Waals surface area contributed by atoms with Crippen molar-refractivity contribution in [1.29, 1.82) is 0 Å². The topological polar surface area (TPSA) is 78.9 Å². The molecule has 158 valence electrons. The number of unbranched alkanes of at least 4 members (excludes halogenated alkanes) is 2. The molecule has 2 fully saturated rings. The van der Waals surface area contributed by atoms with Crippen LogP contribution in [0.1, 0.15) is 71.6 Å². The minimum absolute atomic E-state index is 0.157. The van der Waals surface area contributed by atoms with E-state index in [0.29, 0.717) is 6.42 Å². The van der Waals surface area contributed by atoms with Crippen molar-refractivity contribution < 1.29 is 28.6 Å². The number of rotatable bonds is 11. The Morgan fingerprint density at radius 1 is 1.14 bits per heavy atom. The van der Waals surface area contributed by atoms with E-state index in [1.807, 2.05) is 0 Å². The van der Waals surface area contributed by atoms with Crippen molar-refractivity contribution in [1.82, 2.24) is 0 Å². The van der Waals surface area contributed by atoms with Crippen LogP contribution in [0, 0.1) is 17.8 Å². The maximum atomic E-state index is 12.8. The predicted octanol–water partition coefficient (Wildman–Crippen LogP) is 3.97. The van der Waals surface area contributed by atoms with Crippen LogP contribution in [0.5, 0.6) is 0 Å². The quantitative estimate of drug-likeness (QED) is 0.228. The summed E-state index contributed by atoms with van der Waals surface area (Å²) < 4.78 is 16.0. The molecule has 0 aromatic rings. The van der Waals surface area contributed by atoms with E-state index >= 15 is 0 Å². The minimum Gasteiger partial charge on any atom is -0.469 e. The molecule has 6 heteroatoms. The lowest BCUT2D eigenvalue weighted by Crippen LogP contribution is -2.41. The Labute approximate surface area is 168 Å². The molecule has 28 heavy (non-hydrogen) atoms. The van der Waals surface area contributed by atoms with E-state index in [1.165, 1.54) is 7.11 Å². The molecule has 2 bridgehead atoms. The zero-order valence-electron chi connectivity index (χ0n) is 17.4. The molecule has 0 spiro atoms. The fourth-order valence-electron chi connectivity index (χ4n) is 4.15. The van der Waals surface area contributed by atoms with E-state index in [0.717, 1.165) is 44.9 Å². The van der Waals surface area contributed by atoms with Crippen molar-refractivity contribution in [2.24, 2.45) is 17.8 Å². The van der Waals surface area contributed by atoms with Crippen molar-refractivity contribution in [2.75, 3.05) is 7.11 Å². The Kier molecular flexibility index (Phi) is 9.00. The van der Waals surface area contributed by atoms with Crippen LogP contribution in [-0.2, 0) is 28.6 Å². The van der Waals surface area contributed by atoms with Crippen molar-refractivity contribution in [2.45, 2.75) is 83.8 Å². The standard InChI is InChI=1S/C22H34O6/c1-4-6-7-8-9-10-12-15(11-5-2)20(23)27-18-13-16(21(24)26-3)17-14-19(18)28-22(17)25/h7-8,15-19H,4-6,9-14H2,1-3H3/b8-7+. The number of hydrogen-bond donors (Lipinski definition) is 0. The van der Waals surface area contributed by atoms with Gasteiger partial charge in [-0.1, -0.05) is 38.8 Å². The molecule has 0 amide bonds.